The van der Waals surface area contributed by atoms with E-state index in [1.807, 2.05) is 51.2 Å². The molecule has 7 atom stereocenters. The molecule has 0 heterocycles. The maximum Gasteiger partial charge on any atom is 0.312 e. The van der Waals surface area contributed by atoms with Gasteiger partial charge in [0.2, 0.25) is 0 Å². The number of Topliss-reactive ketones (excluding diaryl/α,β-unsaturated/α-hetero) is 1. The van der Waals surface area contributed by atoms with Crippen LogP contribution in [0.25, 0.3) is 0 Å². The number of ether oxygens (including phenoxy) is 1. The minimum absolute atomic E-state index is 0.0586. The normalized spacial score (nSPS) is 38.4. The number of carbonyl (C=O) groups excluding carboxylic acids is 1. The summed E-state index contributed by atoms with van der Waals surface area (Å²) in [5.74, 6) is -0.882. The van der Waals surface area contributed by atoms with Crippen molar-refractivity contribution in [2.75, 3.05) is 6.61 Å². The van der Waals surface area contributed by atoms with Gasteiger partial charge in [-0.15, -0.1) is 0 Å². The second-order valence-electron chi connectivity index (χ2n) is 13.1. The Kier molecular flexibility index (Phi) is 8.72. The van der Waals surface area contributed by atoms with Gasteiger partial charge in [0.15, 0.2) is 5.78 Å². The van der Waals surface area contributed by atoms with Gasteiger partial charge in [-0.2, -0.15) is 0 Å². The van der Waals surface area contributed by atoms with Crippen molar-refractivity contribution >= 4 is 11.8 Å². The van der Waals surface area contributed by atoms with Gasteiger partial charge in [0, 0.05) is 24.0 Å². The summed E-state index contributed by atoms with van der Waals surface area (Å²) in [5.41, 5.74) is 0.0237. The molecule has 0 radical (unpaired) electrons. The lowest BCUT2D eigenvalue weighted by Crippen LogP contribution is -2.61. The number of hydrogen-bond donors (Lipinski definition) is 3. The third-order valence-electron chi connectivity index (χ3n) is 10.1. The fraction of sp³-hybridized carbons (Fsp3) is 0.688. The largest absolute Gasteiger partial charge is 0.481 e. The predicted molar refractivity (Wildman–Crippen MR) is 149 cm³/mol. The van der Waals surface area contributed by atoms with Crippen molar-refractivity contribution in [3.05, 3.63) is 47.1 Å². The summed E-state index contributed by atoms with van der Waals surface area (Å²) in [6.45, 7) is 15.9. The van der Waals surface area contributed by atoms with Gasteiger partial charge in [-0.3, -0.25) is 9.59 Å². The average Bonchev–Trinajstić information content (AvgIpc) is 3.09. The molecule has 0 bridgehead atoms. The highest BCUT2D eigenvalue weighted by molar-refractivity contribution is 6.01. The Hall–Kier alpha value is -2.02. The molecular formula is C32H48O6. The summed E-state index contributed by atoms with van der Waals surface area (Å²) in [6, 6.07) is 0. The van der Waals surface area contributed by atoms with Crippen molar-refractivity contribution < 1.29 is 29.6 Å². The Balaban J connectivity index is 1.87. The van der Waals surface area contributed by atoms with E-state index in [1.165, 1.54) is 0 Å². The van der Waals surface area contributed by atoms with Crippen LogP contribution in [0.1, 0.15) is 87.5 Å². The quantitative estimate of drug-likeness (QED) is 0.272. The molecule has 6 heteroatoms. The van der Waals surface area contributed by atoms with Crippen LogP contribution in [-0.4, -0.2) is 51.5 Å². The summed E-state index contributed by atoms with van der Waals surface area (Å²) >= 11 is 0. The molecule has 0 aromatic rings. The second-order valence-corrected chi connectivity index (χ2v) is 13.1. The Morgan fingerprint density at radius 1 is 1.13 bits per heavy atom. The smallest absolute Gasteiger partial charge is 0.312 e. The molecule has 0 saturated heterocycles. The maximum atomic E-state index is 13.5. The lowest BCUT2D eigenvalue weighted by Gasteiger charge is -2.61. The lowest BCUT2D eigenvalue weighted by atomic mass is 9.43. The summed E-state index contributed by atoms with van der Waals surface area (Å²) in [6.07, 6.45) is 11.5. The molecule has 2 unspecified atom stereocenters. The standard InChI is InChI=1S/C32H48O6/c1-9-38-26(29(4,5)37)14-13-20(2)11-10-12-21(3)27-22(33)19-24-30(6)18-16-25(34)32(8,28(35)36)23(30)15-17-31(24,27)7/h10-14,23-26,34,37H,9,15-19H2,1-8H3,(H,35,36)/b12-10+,14-13+,20-11+,27-21-/t23?,24-,25+,26?,30-,31-,32+/m0/s1. The topological polar surface area (TPSA) is 104 Å². The fourth-order valence-corrected chi connectivity index (χ4v) is 7.95. The molecule has 38 heavy (non-hydrogen) atoms. The number of carbonyl (C=O) groups is 2. The number of aliphatic carboxylic acids is 1. The Labute approximate surface area is 228 Å². The first-order chi connectivity index (χ1) is 17.5. The molecule has 212 valence electrons. The van der Waals surface area contributed by atoms with Crippen molar-refractivity contribution in [2.24, 2.45) is 28.1 Å². The molecule has 0 aromatic heterocycles. The van der Waals surface area contributed by atoms with Crippen LogP contribution in [0.15, 0.2) is 47.1 Å². The number of rotatable bonds is 8. The number of carboxylic acids is 1. The van der Waals surface area contributed by atoms with Gasteiger partial charge in [-0.25, -0.2) is 0 Å². The summed E-state index contributed by atoms with van der Waals surface area (Å²) in [7, 11) is 0. The van der Waals surface area contributed by atoms with Gasteiger partial charge in [0.25, 0.3) is 0 Å². The summed E-state index contributed by atoms with van der Waals surface area (Å²) in [4.78, 5) is 25.8. The zero-order chi connectivity index (χ0) is 28.7. The number of ketones is 1. The van der Waals surface area contributed by atoms with Gasteiger partial charge >= 0.3 is 5.97 Å². The van der Waals surface area contributed by atoms with Gasteiger partial charge in [-0.1, -0.05) is 49.8 Å². The van der Waals surface area contributed by atoms with Crippen molar-refractivity contribution in [1.29, 1.82) is 0 Å². The summed E-state index contributed by atoms with van der Waals surface area (Å²) < 4.78 is 5.64. The number of carboxylic acid groups (broad SMARTS) is 1. The first-order valence-electron chi connectivity index (χ1n) is 14.1. The molecule has 3 rings (SSSR count). The van der Waals surface area contributed by atoms with Gasteiger partial charge in [-0.05, 0) is 90.0 Å². The minimum atomic E-state index is -1.19. The van der Waals surface area contributed by atoms with E-state index in [0.29, 0.717) is 25.9 Å². The van der Waals surface area contributed by atoms with E-state index in [2.05, 4.69) is 13.8 Å². The van der Waals surface area contributed by atoms with E-state index in [4.69, 9.17) is 4.74 Å². The van der Waals surface area contributed by atoms with E-state index < -0.39 is 29.2 Å². The SMILES string of the molecule is CCOC(/C=C/C(C)=C/C=C/C(C)=C1/C(=O)C[C@H]2[C@@]3(C)CC[C@@H](O)[C@](C)(C(=O)O)C3CC[C@]12C)C(C)(C)O. The van der Waals surface area contributed by atoms with Crippen molar-refractivity contribution in [2.45, 2.75) is 105 Å². The highest BCUT2D eigenvalue weighted by Crippen LogP contribution is 2.69. The molecule has 3 aliphatic carbocycles. The van der Waals surface area contributed by atoms with Gasteiger partial charge in [0.1, 0.15) is 6.10 Å². The van der Waals surface area contributed by atoms with Crippen LogP contribution in [0.4, 0.5) is 0 Å². The second kappa shape index (κ2) is 10.9. The Morgan fingerprint density at radius 2 is 1.79 bits per heavy atom. The zero-order valence-electron chi connectivity index (χ0n) is 24.5. The van der Waals surface area contributed by atoms with Crippen LogP contribution in [-0.2, 0) is 14.3 Å². The maximum absolute atomic E-state index is 13.5. The molecule has 0 spiro atoms. The molecule has 0 aliphatic heterocycles. The third kappa shape index (κ3) is 5.24. The first kappa shape index (κ1) is 30.5. The van der Waals surface area contributed by atoms with Crippen LogP contribution in [0.2, 0.25) is 0 Å². The number of aliphatic hydroxyl groups excluding tert-OH is 1. The van der Waals surface area contributed by atoms with E-state index in [9.17, 15) is 24.9 Å². The molecule has 3 fully saturated rings. The van der Waals surface area contributed by atoms with Crippen LogP contribution < -0.4 is 0 Å². The van der Waals surface area contributed by atoms with Crippen LogP contribution in [0.5, 0.6) is 0 Å². The number of fused-ring (bicyclic) bond motifs is 3. The number of allylic oxidation sites excluding steroid dienone is 7. The summed E-state index contributed by atoms with van der Waals surface area (Å²) in [5, 5.41) is 31.2. The van der Waals surface area contributed by atoms with E-state index >= 15 is 0 Å². The minimum Gasteiger partial charge on any atom is -0.481 e. The van der Waals surface area contributed by atoms with Crippen molar-refractivity contribution in [3.63, 3.8) is 0 Å². The first-order valence-corrected chi connectivity index (χ1v) is 14.1. The van der Waals surface area contributed by atoms with Crippen LogP contribution in [0, 0.1) is 28.1 Å². The number of aliphatic hydroxyl groups is 2. The fourth-order valence-electron chi connectivity index (χ4n) is 7.95. The van der Waals surface area contributed by atoms with Crippen molar-refractivity contribution in [3.8, 4) is 0 Å². The molecule has 0 amide bonds. The monoisotopic (exact) mass is 528 g/mol. The lowest BCUT2D eigenvalue weighted by molar-refractivity contribution is -0.194. The highest BCUT2D eigenvalue weighted by atomic mass is 16.5. The van der Waals surface area contributed by atoms with E-state index in [-0.39, 0.29) is 28.4 Å². The molecular weight excluding hydrogens is 480 g/mol. The third-order valence-corrected chi connectivity index (χ3v) is 10.1. The van der Waals surface area contributed by atoms with Gasteiger partial charge in [0.05, 0.1) is 17.1 Å². The average molecular weight is 529 g/mol. The molecule has 3 aliphatic rings. The van der Waals surface area contributed by atoms with E-state index in [1.54, 1.807) is 20.8 Å². The molecule has 0 aromatic carbocycles. The zero-order valence-corrected chi connectivity index (χ0v) is 24.5. The van der Waals surface area contributed by atoms with Crippen LogP contribution in [0.3, 0.4) is 0 Å². The molecule has 3 saturated carbocycles. The number of hydrogen-bond acceptors (Lipinski definition) is 5. The van der Waals surface area contributed by atoms with Crippen LogP contribution >= 0.6 is 0 Å². The Bertz CT molecular complexity index is 1060. The molecule has 6 nitrogen and oxygen atoms in total. The van der Waals surface area contributed by atoms with Crippen molar-refractivity contribution in [1.82, 2.24) is 0 Å². The highest BCUT2D eigenvalue weighted by Gasteiger charge is 2.67. The molecule has 3 N–H and O–H groups in total. The predicted octanol–water partition coefficient (Wildman–Crippen LogP) is 5.79. The Morgan fingerprint density at radius 3 is 2.37 bits per heavy atom. The van der Waals surface area contributed by atoms with E-state index in [0.717, 1.165) is 29.6 Å². The van der Waals surface area contributed by atoms with Gasteiger partial charge < -0.3 is 20.1 Å².